The van der Waals surface area contributed by atoms with E-state index in [1.807, 2.05) is 13.8 Å². The minimum Gasteiger partial charge on any atom is -0.301 e. The number of nitrogens with zero attached hydrogens (tertiary/aromatic N) is 4. The van der Waals surface area contributed by atoms with Crippen LogP contribution in [-0.4, -0.2) is 32.2 Å². The maximum Gasteiger partial charge on any atom is 0.225 e. The van der Waals surface area contributed by atoms with E-state index in [0.29, 0.717) is 34.9 Å². The van der Waals surface area contributed by atoms with E-state index >= 15 is 0 Å². The summed E-state index contributed by atoms with van der Waals surface area (Å²) in [5.74, 6) is 0.529. The Labute approximate surface area is 159 Å². The van der Waals surface area contributed by atoms with Crippen molar-refractivity contribution in [3.05, 3.63) is 10.0 Å². The Morgan fingerprint density at radius 1 is 0.885 bits per heavy atom. The molecule has 0 spiro atoms. The van der Waals surface area contributed by atoms with Crippen LogP contribution >= 0.6 is 22.7 Å². The molecule has 0 aliphatic heterocycles. The third-order valence-electron chi connectivity index (χ3n) is 4.39. The molecule has 0 aromatic carbocycles. The Bertz CT molecular complexity index is 712. The number of carbonyl (C=O) groups excluding carboxylic acids is 2. The molecule has 1 unspecified atom stereocenters. The number of rotatable bonds is 6. The zero-order chi connectivity index (χ0) is 18.5. The van der Waals surface area contributed by atoms with Gasteiger partial charge in [0.25, 0.3) is 0 Å². The molecule has 1 saturated carbocycles. The number of hydrogen-bond acceptors (Lipinski definition) is 8. The Balaban J connectivity index is 1.64. The molecule has 0 bridgehead atoms. The van der Waals surface area contributed by atoms with Crippen molar-refractivity contribution in [2.45, 2.75) is 64.2 Å². The molecule has 2 atom stereocenters. The largest absolute Gasteiger partial charge is 0.301 e. The second kappa shape index (κ2) is 8.63. The minimum absolute atomic E-state index is 0.0512. The summed E-state index contributed by atoms with van der Waals surface area (Å²) >= 11 is 2.91. The van der Waals surface area contributed by atoms with Gasteiger partial charge in [-0.15, -0.1) is 20.4 Å². The molecule has 1 aliphatic rings. The average Bonchev–Trinajstić information content (AvgIpc) is 3.31. The van der Waals surface area contributed by atoms with Gasteiger partial charge in [0.1, 0.15) is 10.0 Å². The second-order valence-electron chi connectivity index (χ2n) is 6.25. The fraction of sp³-hybridized carbons (Fsp3) is 0.625. The molecule has 140 valence electrons. The second-order valence-corrected chi connectivity index (χ2v) is 8.27. The van der Waals surface area contributed by atoms with Gasteiger partial charge in [0, 0.05) is 24.7 Å². The molecule has 2 amide bonds. The monoisotopic (exact) mass is 394 g/mol. The fourth-order valence-electron chi connectivity index (χ4n) is 2.95. The van der Waals surface area contributed by atoms with Gasteiger partial charge in [-0.25, -0.2) is 0 Å². The highest BCUT2D eigenvalue weighted by Crippen LogP contribution is 2.43. The van der Waals surface area contributed by atoms with Crippen LogP contribution in [0.3, 0.4) is 0 Å². The average molecular weight is 395 g/mol. The lowest BCUT2D eigenvalue weighted by atomic mass is 9.82. The summed E-state index contributed by atoms with van der Waals surface area (Å²) in [6.45, 7) is 3.62. The lowest BCUT2D eigenvalue weighted by Crippen LogP contribution is -2.12. The summed E-state index contributed by atoms with van der Waals surface area (Å²) in [4.78, 5) is 23.0. The molecule has 2 aromatic heterocycles. The van der Waals surface area contributed by atoms with Gasteiger partial charge in [0.2, 0.25) is 22.1 Å². The van der Waals surface area contributed by atoms with Crippen molar-refractivity contribution in [3.8, 4) is 0 Å². The summed E-state index contributed by atoms with van der Waals surface area (Å²) < 4.78 is 0. The normalized spacial score (nSPS) is 19.9. The first-order chi connectivity index (χ1) is 12.6. The van der Waals surface area contributed by atoms with Gasteiger partial charge in [0.15, 0.2) is 0 Å². The first-order valence-corrected chi connectivity index (χ1v) is 10.5. The number of nitrogens with one attached hydrogen (secondary N) is 2. The zero-order valence-electron chi connectivity index (χ0n) is 14.8. The predicted octanol–water partition coefficient (Wildman–Crippen LogP) is 3.53. The van der Waals surface area contributed by atoms with E-state index in [-0.39, 0.29) is 11.8 Å². The van der Waals surface area contributed by atoms with Crippen molar-refractivity contribution in [2.75, 3.05) is 10.6 Å². The smallest absolute Gasteiger partial charge is 0.225 e. The van der Waals surface area contributed by atoms with Crippen molar-refractivity contribution in [1.29, 1.82) is 0 Å². The lowest BCUT2D eigenvalue weighted by molar-refractivity contribution is -0.116. The van der Waals surface area contributed by atoms with Gasteiger partial charge in [0.05, 0.1) is 0 Å². The van der Waals surface area contributed by atoms with Crippen LogP contribution in [0.15, 0.2) is 0 Å². The summed E-state index contributed by atoms with van der Waals surface area (Å²) in [6, 6.07) is 0. The van der Waals surface area contributed by atoms with Crippen molar-refractivity contribution in [3.63, 3.8) is 0 Å². The molecule has 2 heterocycles. The molecular weight excluding hydrogens is 372 g/mol. The molecule has 26 heavy (non-hydrogen) atoms. The number of carbonyl (C=O) groups is 2. The zero-order valence-corrected chi connectivity index (χ0v) is 16.5. The molecule has 8 nitrogen and oxygen atoms in total. The topological polar surface area (TPSA) is 110 Å². The van der Waals surface area contributed by atoms with Gasteiger partial charge in [-0.3, -0.25) is 9.59 Å². The highest BCUT2D eigenvalue weighted by atomic mass is 32.1. The van der Waals surface area contributed by atoms with Gasteiger partial charge in [-0.1, -0.05) is 42.9 Å². The lowest BCUT2D eigenvalue weighted by Gasteiger charge is -2.25. The van der Waals surface area contributed by atoms with E-state index in [9.17, 15) is 9.59 Å². The predicted molar refractivity (Wildman–Crippen MR) is 102 cm³/mol. The van der Waals surface area contributed by atoms with Crippen molar-refractivity contribution < 1.29 is 9.59 Å². The number of anilines is 2. The third-order valence-corrected chi connectivity index (χ3v) is 6.39. The Morgan fingerprint density at radius 2 is 1.35 bits per heavy atom. The minimum atomic E-state index is -0.0512. The molecule has 3 rings (SSSR count). The van der Waals surface area contributed by atoms with Gasteiger partial charge >= 0.3 is 0 Å². The number of amides is 2. The van der Waals surface area contributed by atoms with Gasteiger partial charge in [-0.05, 0) is 19.3 Å². The quantitative estimate of drug-likeness (QED) is 0.775. The molecular formula is C16H22N6O2S2. The van der Waals surface area contributed by atoms with E-state index in [0.717, 1.165) is 35.7 Å². The Hall–Kier alpha value is -1.94. The van der Waals surface area contributed by atoms with E-state index < -0.39 is 0 Å². The van der Waals surface area contributed by atoms with Crippen LogP contribution < -0.4 is 10.6 Å². The van der Waals surface area contributed by atoms with E-state index in [4.69, 9.17) is 0 Å². The number of hydrogen-bond donors (Lipinski definition) is 2. The highest BCUT2D eigenvalue weighted by molar-refractivity contribution is 7.15. The number of aromatic nitrogens is 4. The Morgan fingerprint density at radius 3 is 1.77 bits per heavy atom. The van der Waals surface area contributed by atoms with E-state index in [1.165, 1.54) is 22.7 Å². The van der Waals surface area contributed by atoms with Crippen LogP contribution in [-0.2, 0) is 9.59 Å². The summed E-state index contributed by atoms with van der Waals surface area (Å²) in [7, 11) is 0. The molecule has 0 saturated heterocycles. The van der Waals surface area contributed by atoms with Crippen LogP contribution in [0.4, 0.5) is 10.3 Å². The fourth-order valence-corrected chi connectivity index (χ4v) is 4.77. The molecule has 1 fully saturated rings. The first-order valence-electron chi connectivity index (χ1n) is 8.85. The Kier molecular flexibility index (Phi) is 6.25. The standard InChI is InChI=1S/C16H22N6O2S2/c1-3-11(23)17-15-21-19-13(25-15)9-6-5-7-10(8-9)14-20-22-16(26-14)18-12(24)4-2/h9-10H,3-8H2,1-2H3,(H,17,21,23)(H,18,22,24)/t9-,10?/m0/s1. The molecule has 2 aromatic rings. The first kappa shape index (κ1) is 18.8. The van der Waals surface area contributed by atoms with E-state index in [1.54, 1.807) is 0 Å². The van der Waals surface area contributed by atoms with Crippen molar-refractivity contribution in [2.24, 2.45) is 0 Å². The molecule has 10 heteroatoms. The van der Waals surface area contributed by atoms with Crippen molar-refractivity contribution >= 4 is 44.8 Å². The third kappa shape index (κ3) is 4.61. The van der Waals surface area contributed by atoms with Crippen LogP contribution in [0.5, 0.6) is 0 Å². The maximum atomic E-state index is 11.5. The molecule has 0 radical (unpaired) electrons. The SMILES string of the molecule is CCC(=O)Nc1nnc(C2CCC[C@H](c3nnc(NC(=O)CC)s3)C2)s1. The van der Waals surface area contributed by atoms with Crippen molar-refractivity contribution in [1.82, 2.24) is 20.4 Å². The summed E-state index contributed by atoms with van der Waals surface area (Å²) in [5.41, 5.74) is 0. The molecule has 2 N–H and O–H groups in total. The summed E-state index contributed by atoms with van der Waals surface area (Å²) in [5, 5.41) is 25.3. The van der Waals surface area contributed by atoms with Crippen LogP contribution in [0.1, 0.15) is 74.2 Å². The van der Waals surface area contributed by atoms with Crippen LogP contribution in [0.2, 0.25) is 0 Å². The van der Waals surface area contributed by atoms with E-state index in [2.05, 4.69) is 31.0 Å². The van der Waals surface area contributed by atoms with Crippen LogP contribution in [0.25, 0.3) is 0 Å². The van der Waals surface area contributed by atoms with Gasteiger partial charge in [-0.2, -0.15) is 0 Å². The molecule has 1 aliphatic carbocycles. The van der Waals surface area contributed by atoms with Gasteiger partial charge < -0.3 is 10.6 Å². The maximum absolute atomic E-state index is 11.5. The highest BCUT2D eigenvalue weighted by Gasteiger charge is 2.29. The summed E-state index contributed by atoms with van der Waals surface area (Å²) in [6.07, 6.45) is 4.99. The van der Waals surface area contributed by atoms with Crippen LogP contribution in [0, 0.1) is 0 Å².